The number of esters is 4. The SMILES string of the molecule is COC(=O)[C@H]1O[C@](OC)(C(=O)OC)C[C@@H](OC(C)=O)[C@@H]1OC(C)=O. The van der Waals surface area contributed by atoms with Crippen molar-refractivity contribution in [3.05, 3.63) is 0 Å². The van der Waals surface area contributed by atoms with Crippen LogP contribution in [0.5, 0.6) is 0 Å². The van der Waals surface area contributed by atoms with Crippen LogP contribution in [0.3, 0.4) is 0 Å². The smallest absolute Gasteiger partial charge is 0.366 e. The fourth-order valence-electron chi connectivity index (χ4n) is 2.35. The summed E-state index contributed by atoms with van der Waals surface area (Å²) < 4.78 is 29.9. The summed E-state index contributed by atoms with van der Waals surface area (Å²) >= 11 is 0. The summed E-state index contributed by atoms with van der Waals surface area (Å²) in [6.07, 6.45) is -4.41. The molecule has 1 rings (SSSR count). The maximum Gasteiger partial charge on any atom is 0.366 e. The molecule has 0 spiro atoms. The van der Waals surface area contributed by atoms with Gasteiger partial charge in [0.1, 0.15) is 6.10 Å². The molecule has 1 aliphatic rings. The summed E-state index contributed by atoms with van der Waals surface area (Å²) in [7, 11) is 3.33. The molecular weight excluding hydrogens is 328 g/mol. The zero-order valence-corrected chi connectivity index (χ0v) is 14.0. The summed E-state index contributed by atoms with van der Waals surface area (Å²) in [4.78, 5) is 46.8. The normalized spacial score (nSPS) is 29.3. The Labute approximate surface area is 138 Å². The molecule has 1 aliphatic heterocycles. The molecule has 0 amide bonds. The highest BCUT2D eigenvalue weighted by Gasteiger charge is 2.58. The Morgan fingerprint density at radius 3 is 1.96 bits per heavy atom. The van der Waals surface area contributed by atoms with Crippen molar-refractivity contribution in [2.45, 2.75) is 44.4 Å². The van der Waals surface area contributed by atoms with Gasteiger partial charge in [0, 0.05) is 21.0 Å². The first-order valence-electron chi connectivity index (χ1n) is 6.94. The van der Waals surface area contributed by atoms with Crippen molar-refractivity contribution in [3.63, 3.8) is 0 Å². The molecule has 1 fully saturated rings. The Hall–Kier alpha value is -2.20. The van der Waals surface area contributed by atoms with Crippen LogP contribution in [0.15, 0.2) is 0 Å². The monoisotopic (exact) mass is 348 g/mol. The van der Waals surface area contributed by atoms with Crippen LogP contribution in [0, 0.1) is 0 Å². The highest BCUT2D eigenvalue weighted by atomic mass is 16.7. The second kappa shape index (κ2) is 8.06. The number of ether oxygens (including phenoxy) is 6. The van der Waals surface area contributed by atoms with E-state index < -0.39 is 48.0 Å². The van der Waals surface area contributed by atoms with Gasteiger partial charge in [-0.25, -0.2) is 9.59 Å². The highest BCUT2D eigenvalue weighted by Crippen LogP contribution is 2.35. The van der Waals surface area contributed by atoms with Crippen molar-refractivity contribution in [2.75, 3.05) is 21.3 Å². The number of rotatable bonds is 5. The van der Waals surface area contributed by atoms with Crippen LogP contribution < -0.4 is 0 Å². The lowest BCUT2D eigenvalue weighted by Crippen LogP contribution is -2.63. The van der Waals surface area contributed by atoms with Crippen LogP contribution in [-0.2, 0) is 47.6 Å². The summed E-state index contributed by atoms with van der Waals surface area (Å²) in [5.41, 5.74) is 0. The van der Waals surface area contributed by atoms with Gasteiger partial charge in [-0.15, -0.1) is 0 Å². The van der Waals surface area contributed by atoms with E-state index in [0.717, 1.165) is 35.2 Å². The Balaban J connectivity index is 3.31. The molecule has 10 nitrogen and oxygen atoms in total. The fraction of sp³-hybridized carbons (Fsp3) is 0.714. The van der Waals surface area contributed by atoms with Gasteiger partial charge >= 0.3 is 23.9 Å². The molecule has 0 saturated carbocycles. The minimum atomic E-state index is -2.02. The molecule has 4 atom stereocenters. The molecule has 0 aromatic heterocycles. The van der Waals surface area contributed by atoms with Gasteiger partial charge in [0.15, 0.2) is 12.2 Å². The van der Waals surface area contributed by atoms with Crippen molar-refractivity contribution in [1.82, 2.24) is 0 Å². The zero-order valence-electron chi connectivity index (χ0n) is 14.0. The average molecular weight is 348 g/mol. The van der Waals surface area contributed by atoms with E-state index in [0.29, 0.717) is 0 Å². The van der Waals surface area contributed by atoms with Crippen molar-refractivity contribution in [1.29, 1.82) is 0 Å². The van der Waals surface area contributed by atoms with Crippen LogP contribution in [-0.4, -0.2) is 69.3 Å². The molecule has 1 saturated heterocycles. The lowest BCUT2D eigenvalue weighted by atomic mass is 9.94. The van der Waals surface area contributed by atoms with Gasteiger partial charge in [-0.3, -0.25) is 9.59 Å². The van der Waals surface area contributed by atoms with Crippen molar-refractivity contribution in [2.24, 2.45) is 0 Å². The molecular formula is C14H20O10. The maximum absolute atomic E-state index is 12.1. The first-order chi connectivity index (χ1) is 11.2. The van der Waals surface area contributed by atoms with Gasteiger partial charge in [-0.05, 0) is 0 Å². The quantitative estimate of drug-likeness (QED) is 0.466. The van der Waals surface area contributed by atoms with Crippen LogP contribution >= 0.6 is 0 Å². The molecule has 0 aromatic rings. The minimum Gasteiger partial charge on any atom is -0.467 e. The molecule has 0 N–H and O–H groups in total. The molecule has 0 aromatic carbocycles. The van der Waals surface area contributed by atoms with E-state index in [9.17, 15) is 19.2 Å². The third-order valence-corrected chi connectivity index (χ3v) is 3.33. The molecule has 24 heavy (non-hydrogen) atoms. The number of hydrogen-bond donors (Lipinski definition) is 0. The molecule has 0 radical (unpaired) electrons. The summed E-state index contributed by atoms with van der Waals surface area (Å²) in [5.74, 6) is -5.36. The molecule has 0 bridgehead atoms. The first-order valence-corrected chi connectivity index (χ1v) is 6.94. The van der Waals surface area contributed by atoms with Gasteiger partial charge in [0.05, 0.1) is 20.6 Å². The third-order valence-electron chi connectivity index (χ3n) is 3.33. The second-order valence-corrected chi connectivity index (χ2v) is 4.94. The standard InChI is InChI=1S/C14H20O10/c1-7(15)22-9-6-14(21-5,13(18)20-4)24-11(12(17)19-3)10(9)23-8(2)16/h9-11H,6H2,1-5H3/t9-,10+,11+,14+/m1/s1. The fourth-order valence-corrected chi connectivity index (χ4v) is 2.35. The zero-order chi connectivity index (χ0) is 18.5. The van der Waals surface area contributed by atoms with Gasteiger partial charge < -0.3 is 28.4 Å². The van der Waals surface area contributed by atoms with Gasteiger partial charge in [-0.1, -0.05) is 0 Å². The topological polar surface area (TPSA) is 124 Å². The van der Waals surface area contributed by atoms with E-state index in [1.165, 1.54) is 0 Å². The highest BCUT2D eigenvalue weighted by molar-refractivity contribution is 5.81. The predicted octanol–water partition coefficient (Wildman–Crippen LogP) is -0.673. The Morgan fingerprint density at radius 1 is 0.958 bits per heavy atom. The van der Waals surface area contributed by atoms with E-state index in [-0.39, 0.29) is 6.42 Å². The molecule has 10 heteroatoms. The Bertz CT molecular complexity index is 516. The first kappa shape index (κ1) is 19.8. The summed E-state index contributed by atoms with van der Waals surface area (Å²) in [6, 6.07) is 0. The second-order valence-electron chi connectivity index (χ2n) is 4.94. The van der Waals surface area contributed by atoms with Crippen LogP contribution in [0.4, 0.5) is 0 Å². The molecule has 136 valence electrons. The Morgan fingerprint density at radius 2 is 1.54 bits per heavy atom. The van der Waals surface area contributed by atoms with Crippen molar-refractivity contribution >= 4 is 23.9 Å². The van der Waals surface area contributed by atoms with Crippen molar-refractivity contribution in [3.8, 4) is 0 Å². The lowest BCUT2D eigenvalue weighted by Gasteiger charge is -2.43. The van der Waals surface area contributed by atoms with Crippen LogP contribution in [0.1, 0.15) is 20.3 Å². The van der Waals surface area contributed by atoms with Gasteiger partial charge in [-0.2, -0.15) is 0 Å². The largest absolute Gasteiger partial charge is 0.467 e. The van der Waals surface area contributed by atoms with Crippen molar-refractivity contribution < 1.29 is 47.6 Å². The molecule has 1 heterocycles. The number of methoxy groups -OCH3 is 3. The van der Waals surface area contributed by atoms with E-state index in [1.807, 2.05) is 0 Å². The number of hydrogen-bond acceptors (Lipinski definition) is 10. The van der Waals surface area contributed by atoms with Crippen LogP contribution in [0.25, 0.3) is 0 Å². The number of carbonyl (C=O) groups is 4. The Kier molecular flexibility index (Phi) is 6.67. The summed E-state index contributed by atoms with van der Waals surface area (Å²) in [5, 5.41) is 0. The van der Waals surface area contributed by atoms with E-state index in [2.05, 4.69) is 9.47 Å². The van der Waals surface area contributed by atoms with Gasteiger partial charge in [0.2, 0.25) is 0 Å². The third kappa shape index (κ3) is 4.20. The molecule has 0 aliphatic carbocycles. The predicted molar refractivity (Wildman–Crippen MR) is 74.4 cm³/mol. The average Bonchev–Trinajstić information content (AvgIpc) is 2.53. The lowest BCUT2D eigenvalue weighted by molar-refractivity contribution is -0.304. The molecule has 0 unspecified atom stereocenters. The number of carbonyl (C=O) groups excluding carboxylic acids is 4. The van der Waals surface area contributed by atoms with Crippen LogP contribution in [0.2, 0.25) is 0 Å². The maximum atomic E-state index is 12.1. The van der Waals surface area contributed by atoms with E-state index in [1.54, 1.807) is 0 Å². The minimum absolute atomic E-state index is 0.346. The van der Waals surface area contributed by atoms with Gasteiger partial charge in [0.25, 0.3) is 5.79 Å². The summed E-state index contributed by atoms with van der Waals surface area (Å²) in [6.45, 7) is 2.23. The van der Waals surface area contributed by atoms with E-state index >= 15 is 0 Å². The van der Waals surface area contributed by atoms with E-state index in [4.69, 9.17) is 18.9 Å².